The molecule has 11 heavy (non-hydrogen) atoms. The molecule has 1 amide bonds. The van der Waals surface area contributed by atoms with E-state index in [2.05, 4.69) is 10.1 Å². The topological polar surface area (TPSA) is 55.4 Å². The maximum atomic E-state index is 10.7. The number of esters is 1. The van der Waals surface area contributed by atoms with Crippen molar-refractivity contribution in [1.82, 2.24) is 5.32 Å². The van der Waals surface area contributed by atoms with Crippen LogP contribution in [0.4, 0.5) is 0 Å². The zero-order chi connectivity index (χ0) is 8.85. The predicted octanol–water partition coefficient (Wildman–Crippen LogP) is 0.422. The highest BCUT2D eigenvalue weighted by molar-refractivity contribution is 5.76. The fourth-order valence-corrected chi connectivity index (χ4v) is 0.607. The third-order valence-corrected chi connectivity index (χ3v) is 1.03. The van der Waals surface area contributed by atoms with Gasteiger partial charge in [-0.2, -0.15) is 0 Å². The molecule has 0 saturated carbocycles. The first-order valence-electron chi connectivity index (χ1n) is 3.52. The summed E-state index contributed by atoms with van der Waals surface area (Å²) in [6.45, 7) is 4.64. The van der Waals surface area contributed by atoms with Crippen LogP contribution >= 0.6 is 0 Å². The molecule has 0 aromatic carbocycles. The molecule has 0 aliphatic heterocycles. The molecule has 0 rings (SSSR count). The van der Waals surface area contributed by atoms with Crippen LogP contribution in [-0.4, -0.2) is 18.1 Å². The number of nitrogens with one attached hydrogen (secondary N) is 1. The van der Waals surface area contributed by atoms with Crippen LogP contribution in [0.1, 0.15) is 27.2 Å². The number of carbonyl (C=O) groups is 2. The summed E-state index contributed by atoms with van der Waals surface area (Å²) in [7, 11) is 0. The Morgan fingerprint density at radius 1 is 1.55 bits per heavy atom. The SMILES string of the molecule is CCC(=O)NC(C)OC(C)=O. The quantitative estimate of drug-likeness (QED) is 0.479. The predicted molar refractivity (Wildman–Crippen MR) is 39.7 cm³/mol. The van der Waals surface area contributed by atoms with Gasteiger partial charge in [-0.1, -0.05) is 6.92 Å². The zero-order valence-corrected chi connectivity index (χ0v) is 7.01. The van der Waals surface area contributed by atoms with Crippen LogP contribution in [0.15, 0.2) is 0 Å². The van der Waals surface area contributed by atoms with Gasteiger partial charge in [-0.05, 0) is 6.92 Å². The Kier molecular flexibility index (Phi) is 4.26. The standard InChI is InChI=1S/C7H13NO3/c1-4-7(10)8-5(2)11-6(3)9/h5H,4H2,1-3H3,(H,8,10). The summed E-state index contributed by atoms with van der Waals surface area (Å²) in [5.41, 5.74) is 0. The first-order valence-corrected chi connectivity index (χ1v) is 3.52. The molecule has 0 aromatic rings. The van der Waals surface area contributed by atoms with Crippen molar-refractivity contribution in [2.75, 3.05) is 0 Å². The molecule has 0 fully saturated rings. The third-order valence-electron chi connectivity index (χ3n) is 1.03. The summed E-state index contributed by atoms with van der Waals surface area (Å²) >= 11 is 0. The Bertz CT molecular complexity index is 156. The van der Waals surface area contributed by atoms with E-state index in [4.69, 9.17) is 0 Å². The molecule has 0 aliphatic carbocycles. The van der Waals surface area contributed by atoms with Gasteiger partial charge in [-0.25, -0.2) is 0 Å². The van der Waals surface area contributed by atoms with Crippen LogP contribution in [0.25, 0.3) is 0 Å². The Balaban J connectivity index is 3.60. The average molecular weight is 159 g/mol. The van der Waals surface area contributed by atoms with Gasteiger partial charge in [0.2, 0.25) is 5.91 Å². The fourth-order valence-electron chi connectivity index (χ4n) is 0.607. The molecule has 0 aromatic heterocycles. The molecule has 64 valence electrons. The van der Waals surface area contributed by atoms with E-state index in [0.717, 1.165) is 0 Å². The van der Waals surface area contributed by atoms with Gasteiger partial charge < -0.3 is 10.1 Å². The van der Waals surface area contributed by atoms with Gasteiger partial charge in [0.1, 0.15) is 0 Å². The second-order valence-electron chi connectivity index (χ2n) is 2.17. The van der Waals surface area contributed by atoms with E-state index < -0.39 is 12.2 Å². The fraction of sp³-hybridized carbons (Fsp3) is 0.714. The Morgan fingerprint density at radius 3 is 2.45 bits per heavy atom. The van der Waals surface area contributed by atoms with Crippen molar-refractivity contribution in [3.8, 4) is 0 Å². The summed E-state index contributed by atoms with van der Waals surface area (Å²) in [6, 6.07) is 0. The first kappa shape index (κ1) is 9.94. The summed E-state index contributed by atoms with van der Waals surface area (Å²) in [5, 5.41) is 2.48. The van der Waals surface area contributed by atoms with E-state index in [1.54, 1.807) is 13.8 Å². The van der Waals surface area contributed by atoms with E-state index in [1.807, 2.05) is 0 Å². The Labute approximate surface area is 65.9 Å². The summed E-state index contributed by atoms with van der Waals surface area (Å²) in [6.07, 6.45) is -0.133. The van der Waals surface area contributed by atoms with E-state index in [-0.39, 0.29) is 5.91 Å². The van der Waals surface area contributed by atoms with Crippen LogP contribution in [-0.2, 0) is 14.3 Å². The molecule has 0 aliphatic rings. The second kappa shape index (κ2) is 4.71. The molecular formula is C7H13NO3. The molecule has 4 nitrogen and oxygen atoms in total. The molecule has 0 radical (unpaired) electrons. The van der Waals surface area contributed by atoms with Crippen molar-refractivity contribution >= 4 is 11.9 Å². The maximum Gasteiger partial charge on any atom is 0.304 e. The van der Waals surface area contributed by atoms with E-state index in [9.17, 15) is 9.59 Å². The Hall–Kier alpha value is -1.06. The number of hydrogen-bond donors (Lipinski definition) is 1. The number of hydrogen-bond acceptors (Lipinski definition) is 3. The number of amides is 1. The molecule has 1 unspecified atom stereocenters. The Morgan fingerprint density at radius 2 is 2.09 bits per heavy atom. The highest BCUT2D eigenvalue weighted by Gasteiger charge is 2.06. The van der Waals surface area contributed by atoms with Crippen molar-refractivity contribution in [3.63, 3.8) is 0 Å². The van der Waals surface area contributed by atoms with Crippen molar-refractivity contribution in [2.24, 2.45) is 0 Å². The van der Waals surface area contributed by atoms with Crippen LogP contribution < -0.4 is 5.32 Å². The summed E-state index contributed by atoms with van der Waals surface area (Å²) in [5.74, 6) is -0.521. The van der Waals surface area contributed by atoms with Crippen LogP contribution in [0.2, 0.25) is 0 Å². The lowest BCUT2D eigenvalue weighted by Gasteiger charge is -2.12. The van der Waals surface area contributed by atoms with E-state index >= 15 is 0 Å². The monoisotopic (exact) mass is 159 g/mol. The van der Waals surface area contributed by atoms with Crippen LogP contribution in [0.5, 0.6) is 0 Å². The van der Waals surface area contributed by atoms with Crippen LogP contribution in [0, 0.1) is 0 Å². The lowest BCUT2D eigenvalue weighted by molar-refractivity contribution is -0.148. The van der Waals surface area contributed by atoms with E-state index in [0.29, 0.717) is 6.42 Å². The molecule has 1 N–H and O–H groups in total. The highest BCUT2D eigenvalue weighted by atomic mass is 16.6. The number of rotatable bonds is 3. The molecule has 0 heterocycles. The minimum absolute atomic E-state index is 0.126. The van der Waals surface area contributed by atoms with Crippen molar-refractivity contribution < 1.29 is 14.3 Å². The summed E-state index contributed by atoms with van der Waals surface area (Å²) < 4.78 is 4.65. The molecule has 0 saturated heterocycles. The van der Waals surface area contributed by atoms with Gasteiger partial charge in [-0.15, -0.1) is 0 Å². The van der Waals surface area contributed by atoms with Gasteiger partial charge in [0.15, 0.2) is 6.23 Å². The van der Waals surface area contributed by atoms with Gasteiger partial charge >= 0.3 is 5.97 Å². The third kappa shape index (κ3) is 5.39. The van der Waals surface area contributed by atoms with Gasteiger partial charge in [-0.3, -0.25) is 9.59 Å². The molecule has 1 atom stereocenters. The minimum atomic E-state index is -0.528. The first-order chi connectivity index (χ1) is 5.06. The van der Waals surface area contributed by atoms with Crippen LogP contribution in [0.3, 0.4) is 0 Å². The van der Waals surface area contributed by atoms with Crippen molar-refractivity contribution in [1.29, 1.82) is 0 Å². The molecular weight excluding hydrogens is 146 g/mol. The minimum Gasteiger partial charge on any atom is -0.442 e. The molecule has 0 bridgehead atoms. The van der Waals surface area contributed by atoms with Gasteiger partial charge in [0.25, 0.3) is 0 Å². The van der Waals surface area contributed by atoms with Crippen molar-refractivity contribution in [2.45, 2.75) is 33.4 Å². The number of carbonyl (C=O) groups excluding carboxylic acids is 2. The largest absolute Gasteiger partial charge is 0.442 e. The van der Waals surface area contributed by atoms with E-state index in [1.165, 1.54) is 6.92 Å². The second-order valence-corrected chi connectivity index (χ2v) is 2.17. The maximum absolute atomic E-state index is 10.7. The number of ether oxygens (including phenoxy) is 1. The van der Waals surface area contributed by atoms with Crippen molar-refractivity contribution in [3.05, 3.63) is 0 Å². The lowest BCUT2D eigenvalue weighted by atomic mass is 10.4. The zero-order valence-electron chi connectivity index (χ0n) is 7.01. The highest BCUT2D eigenvalue weighted by Crippen LogP contribution is 1.87. The molecule has 4 heteroatoms. The normalized spacial score (nSPS) is 11.9. The smallest absolute Gasteiger partial charge is 0.304 e. The van der Waals surface area contributed by atoms with Gasteiger partial charge in [0.05, 0.1) is 0 Å². The summed E-state index contributed by atoms with van der Waals surface area (Å²) in [4.78, 5) is 21.1. The van der Waals surface area contributed by atoms with Gasteiger partial charge in [0, 0.05) is 13.3 Å². The lowest BCUT2D eigenvalue weighted by Crippen LogP contribution is -2.35. The average Bonchev–Trinajstić information content (AvgIpc) is 1.85. The molecule has 0 spiro atoms.